The van der Waals surface area contributed by atoms with Gasteiger partial charge >= 0.3 is 18.0 Å². The van der Waals surface area contributed by atoms with Crippen molar-refractivity contribution in [3.05, 3.63) is 65.2 Å². The zero-order valence-electron chi connectivity index (χ0n) is 14.5. The molecular formula is C19H17F2NO6. The van der Waals surface area contributed by atoms with Gasteiger partial charge in [-0.2, -0.15) is 0 Å². The predicted molar refractivity (Wildman–Crippen MR) is 93.9 cm³/mol. The summed E-state index contributed by atoms with van der Waals surface area (Å²) in [6.07, 6.45) is -0.819. The van der Waals surface area contributed by atoms with Gasteiger partial charge in [0.25, 0.3) is 0 Å². The van der Waals surface area contributed by atoms with E-state index in [9.17, 15) is 23.2 Å². The van der Waals surface area contributed by atoms with Crippen molar-refractivity contribution in [1.82, 2.24) is 0 Å². The summed E-state index contributed by atoms with van der Waals surface area (Å²) in [5.74, 6) is -6.11. The number of benzene rings is 2. The van der Waals surface area contributed by atoms with E-state index in [0.717, 1.165) is 12.1 Å². The van der Waals surface area contributed by atoms with Crippen molar-refractivity contribution in [2.75, 3.05) is 11.9 Å². The first kappa shape index (κ1) is 20.8. The first-order chi connectivity index (χ1) is 13.3. The number of aliphatic carboxylic acids is 2. The third kappa shape index (κ3) is 6.04. The van der Waals surface area contributed by atoms with Gasteiger partial charge in [-0.3, -0.25) is 14.9 Å². The van der Waals surface area contributed by atoms with Gasteiger partial charge in [0.05, 0.1) is 12.3 Å². The Labute approximate surface area is 158 Å². The highest BCUT2D eigenvalue weighted by Gasteiger charge is 2.25. The summed E-state index contributed by atoms with van der Waals surface area (Å²) >= 11 is 0. The highest BCUT2D eigenvalue weighted by Crippen LogP contribution is 2.16. The van der Waals surface area contributed by atoms with Crippen LogP contribution in [0.4, 0.5) is 19.3 Å². The van der Waals surface area contributed by atoms with E-state index in [0.29, 0.717) is 17.2 Å². The van der Waals surface area contributed by atoms with Crippen molar-refractivity contribution in [1.29, 1.82) is 0 Å². The molecule has 0 aliphatic heterocycles. The first-order valence-electron chi connectivity index (χ1n) is 8.18. The molecule has 0 heterocycles. The molecule has 9 heteroatoms. The topological polar surface area (TPSA) is 113 Å². The Morgan fingerprint density at radius 1 is 1.00 bits per heavy atom. The van der Waals surface area contributed by atoms with Gasteiger partial charge in [-0.15, -0.1) is 0 Å². The van der Waals surface area contributed by atoms with E-state index in [1.54, 1.807) is 24.3 Å². The summed E-state index contributed by atoms with van der Waals surface area (Å²) < 4.78 is 31.2. The molecule has 0 unspecified atom stereocenters. The Balaban J connectivity index is 1.88. The highest BCUT2D eigenvalue weighted by atomic mass is 19.1. The maximum absolute atomic E-state index is 13.5. The number of halogens is 2. The van der Waals surface area contributed by atoms with Gasteiger partial charge in [0.1, 0.15) is 11.6 Å². The number of rotatable bonds is 8. The van der Waals surface area contributed by atoms with Crippen molar-refractivity contribution >= 4 is 23.7 Å². The molecule has 0 saturated heterocycles. The van der Waals surface area contributed by atoms with Crippen LogP contribution >= 0.6 is 0 Å². The van der Waals surface area contributed by atoms with Crippen LogP contribution in [0.1, 0.15) is 11.1 Å². The molecule has 28 heavy (non-hydrogen) atoms. The monoisotopic (exact) mass is 393 g/mol. The average Bonchev–Trinajstić information content (AvgIpc) is 2.62. The van der Waals surface area contributed by atoms with Crippen LogP contribution in [0.25, 0.3) is 0 Å². The van der Waals surface area contributed by atoms with E-state index < -0.39 is 35.6 Å². The number of carbonyl (C=O) groups excluding carboxylic acids is 1. The lowest BCUT2D eigenvalue weighted by atomic mass is 9.97. The van der Waals surface area contributed by atoms with Crippen LogP contribution in [0.5, 0.6) is 0 Å². The molecule has 0 aliphatic rings. The SMILES string of the molecule is O=C(Nc1ccc(F)cc1F)OCCc1cccc(CC(C(=O)O)C(=O)O)c1. The highest BCUT2D eigenvalue weighted by molar-refractivity contribution is 5.93. The Morgan fingerprint density at radius 2 is 1.68 bits per heavy atom. The predicted octanol–water partition coefficient (Wildman–Crippen LogP) is 3.08. The summed E-state index contributed by atoms with van der Waals surface area (Å²) in [7, 11) is 0. The molecular weight excluding hydrogens is 376 g/mol. The lowest BCUT2D eigenvalue weighted by Crippen LogP contribution is -2.25. The molecule has 7 nitrogen and oxygen atoms in total. The molecule has 2 aromatic rings. The number of carbonyl (C=O) groups is 3. The molecule has 1 amide bonds. The molecule has 148 valence electrons. The fourth-order valence-electron chi connectivity index (χ4n) is 2.43. The molecule has 0 aromatic heterocycles. The second-order valence-corrected chi connectivity index (χ2v) is 5.89. The zero-order valence-corrected chi connectivity index (χ0v) is 14.5. The van der Waals surface area contributed by atoms with Crippen molar-refractivity contribution in [3.8, 4) is 0 Å². The molecule has 0 fully saturated rings. The van der Waals surface area contributed by atoms with E-state index >= 15 is 0 Å². The second-order valence-electron chi connectivity index (χ2n) is 5.89. The molecule has 2 rings (SSSR count). The van der Waals surface area contributed by atoms with E-state index in [-0.39, 0.29) is 25.1 Å². The van der Waals surface area contributed by atoms with Crippen LogP contribution in [0.3, 0.4) is 0 Å². The largest absolute Gasteiger partial charge is 0.481 e. The number of amides is 1. The molecule has 0 bridgehead atoms. The van der Waals surface area contributed by atoms with Gasteiger partial charge in [0.2, 0.25) is 0 Å². The second kappa shape index (κ2) is 9.45. The minimum Gasteiger partial charge on any atom is -0.481 e. The van der Waals surface area contributed by atoms with Gasteiger partial charge < -0.3 is 14.9 Å². The minimum absolute atomic E-state index is 0.0562. The molecule has 0 spiro atoms. The third-order valence-electron chi connectivity index (χ3n) is 3.82. The number of hydrogen-bond donors (Lipinski definition) is 3. The van der Waals surface area contributed by atoms with Crippen molar-refractivity contribution in [2.45, 2.75) is 12.8 Å². The number of carboxylic acids is 2. The number of hydrogen-bond acceptors (Lipinski definition) is 4. The molecule has 3 N–H and O–H groups in total. The maximum atomic E-state index is 13.5. The fraction of sp³-hybridized carbons (Fsp3) is 0.211. The van der Waals surface area contributed by atoms with E-state index in [2.05, 4.69) is 5.32 Å². The summed E-state index contributed by atoms with van der Waals surface area (Å²) in [6.45, 7) is -0.0562. The Morgan fingerprint density at radius 3 is 2.32 bits per heavy atom. The quantitative estimate of drug-likeness (QED) is 0.594. The Bertz CT molecular complexity index is 872. The average molecular weight is 393 g/mol. The molecule has 0 atom stereocenters. The minimum atomic E-state index is -1.55. The summed E-state index contributed by atoms with van der Waals surface area (Å²) in [5, 5.41) is 20.0. The van der Waals surface area contributed by atoms with E-state index in [1.165, 1.54) is 0 Å². The summed E-state index contributed by atoms with van der Waals surface area (Å²) in [6, 6.07) is 9.26. The van der Waals surface area contributed by atoms with Gasteiger partial charge in [-0.05, 0) is 29.7 Å². The van der Waals surface area contributed by atoms with Gasteiger partial charge in [-0.25, -0.2) is 13.6 Å². The lowest BCUT2D eigenvalue weighted by Gasteiger charge is -2.10. The van der Waals surface area contributed by atoms with E-state index in [4.69, 9.17) is 14.9 Å². The molecule has 0 saturated carbocycles. The van der Waals surface area contributed by atoms with Crippen LogP contribution in [-0.2, 0) is 27.2 Å². The normalized spacial score (nSPS) is 10.5. The lowest BCUT2D eigenvalue weighted by molar-refractivity contribution is -0.154. The van der Waals surface area contributed by atoms with Crippen LogP contribution < -0.4 is 5.32 Å². The summed E-state index contributed by atoms with van der Waals surface area (Å²) in [5.41, 5.74) is 1.000. The van der Waals surface area contributed by atoms with Crippen molar-refractivity contribution < 1.29 is 38.1 Å². The van der Waals surface area contributed by atoms with Gasteiger partial charge in [-0.1, -0.05) is 24.3 Å². The van der Waals surface area contributed by atoms with Gasteiger partial charge in [0.15, 0.2) is 5.92 Å². The first-order valence-corrected chi connectivity index (χ1v) is 8.18. The molecule has 0 aliphatic carbocycles. The third-order valence-corrected chi connectivity index (χ3v) is 3.82. The van der Waals surface area contributed by atoms with Crippen LogP contribution in [0, 0.1) is 17.6 Å². The number of nitrogens with one attached hydrogen (secondary N) is 1. The number of carboxylic acid groups (broad SMARTS) is 2. The molecule has 0 radical (unpaired) electrons. The van der Waals surface area contributed by atoms with E-state index in [1.807, 2.05) is 0 Å². The van der Waals surface area contributed by atoms with Crippen LogP contribution in [0.2, 0.25) is 0 Å². The standard InChI is InChI=1S/C19H17F2NO6/c20-13-4-5-16(15(21)10-13)22-19(27)28-7-6-11-2-1-3-12(8-11)9-14(17(23)24)18(25)26/h1-5,8,10,14H,6-7,9H2,(H,22,27)(H,23,24)(H,25,26). The number of anilines is 1. The fourth-order valence-corrected chi connectivity index (χ4v) is 2.43. The van der Waals surface area contributed by atoms with Crippen molar-refractivity contribution in [2.24, 2.45) is 5.92 Å². The maximum Gasteiger partial charge on any atom is 0.411 e. The van der Waals surface area contributed by atoms with Gasteiger partial charge in [0, 0.05) is 12.5 Å². The van der Waals surface area contributed by atoms with Crippen LogP contribution in [-0.4, -0.2) is 34.9 Å². The van der Waals surface area contributed by atoms with Crippen LogP contribution in [0.15, 0.2) is 42.5 Å². The zero-order chi connectivity index (χ0) is 20.7. The van der Waals surface area contributed by atoms with Crippen molar-refractivity contribution in [3.63, 3.8) is 0 Å². The Kier molecular flexibility index (Phi) is 7.02. The number of ether oxygens (including phenoxy) is 1. The smallest absolute Gasteiger partial charge is 0.411 e. The Hall–Kier alpha value is -3.49. The molecule has 2 aromatic carbocycles. The summed E-state index contributed by atoms with van der Waals surface area (Å²) in [4.78, 5) is 33.6.